The van der Waals surface area contributed by atoms with Gasteiger partial charge in [-0.05, 0) is 31.2 Å². The van der Waals surface area contributed by atoms with Gasteiger partial charge in [-0.2, -0.15) is 5.26 Å². The zero-order chi connectivity index (χ0) is 21.1. The average Bonchev–Trinajstić information content (AvgIpc) is 2.65. The molecule has 0 aliphatic heterocycles. The Kier molecular flexibility index (Phi) is 9.51. The number of hydrogen-bond acceptors (Lipinski definition) is 5. The van der Waals surface area contributed by atoms with E-state index in [1.165, 1.54) is 0 Å². The Bertz CT molecular complexity index is 700. The minimum absolute atomic E-state index is 0.0757. The summed E-state index contributed by atoms with van der Waals surface area (Å²) >= 11 is 0. The van der Waals surface area contributed by atoms with Crippen LogP contribution in [0.2, 0.25) is 0 Å². The maximum Gasteiger partial charge on any atom is 0.408 e. The summed E-state index contributed by atoms with van der Waals surface area (Å²) in [5.41, 5.74) is 6.15. The van der Waals surface area contributed by atoms with Crippen molar-refractivity contribution in [3.05, 3.63) is 35.9 Å². The molecule has 0 aliphatic carbocycles. The standard InChI is InChI=1S/C20H28N4O4/c1-13(2)9-17(19(26)23-16(18(22)25)10-14(3)11-21)24-20(27)28-12-15-7-5-4-6-8-15/h4-8,13-14,16-17H,9-10,12H2,1-3H3,(H2,22,25)(H,23,26)(H,24,27)/t14-,16-,17-/m0/s1. The molecule has 152 valence electrons. The van der Waals surface area contributed by atoms with Gasteiger partial charge in [-0.15, -0.1) is 0 Å². The summed E-state index contributed by atoms with van der Waals surface area (Å²) in [6.45, 7) is 5.51. The lowest BCUT2D eigenvalue weighted by Crippen LogP contribution is -2.53. The van der Waals surface area contributed by atoms with E-state index in [0.29, 0.717) is 6.42 Å². The number of nitrogens with zero attached hydrogens (tertiary/aromatic N) is 1. The van der Waals surface area contributed by atoms with Gasteiger partial charge in [-0.1, -0.05) is 44.2 Å². The van der Waals surface area contributed by atoms with Crippen LogP contribution in [0.4, 0.5) is 4.79 Å². The second-order valence-corrected chi connectivity index (χ2v) is 7.12. The molecule has 8 nitrogen and oxygen atoms in total. The smallest absolute Gasteiger partial charge is 0.408 e. The summed E-state index contributed by atoms with van der Waals surface area (Å²) in [7, 11) is 0. The lowest BCUT2D eigenvalue weighted by atomic mass is 10.00. The topological polar surface area (TPSA) is 134 Å². The molecule has 0 aliphatic rings. The summed E-state index contributed by atoms with van der Waals surface area (Å²) in [6, 6.07) is 9.28. The summed E-state index contributed by atoms with van der Waals surface area (Å²) in [6.07, 6.45) is -0.277. The van der Waals surface area contributed by atoms with Crippen LogP contribution in [0.25, 0.3) is 0 Å². The summed E-state index contributed by atoms with van der Waals surface area (Å²) in [5, 5.41) is 14.0. The van der Waals surface area contributed by atoms with E-state index in [2.05, 4.69) is 10.6 Å². The monoisotopic (exact) mass is 388 g/mol. The molecule has 8 heteroatoms. The Hall–Kier alpha value is -3.08. The molecule has 1 aromatic carbocycles. The van der Waals surface area contributed by atoms with Gasteiger partial charge in [0, 0.05) is 5.92 Å². The van der Waals surface area contributed by atoms with Crippen molar-refractivity contribution >= 4 is 17.9 Å². The molecular weight excluding hydrogens is 360 g/mol. The lowest BCUT2D eigenvalue weighted by molar-refractivity contribution is -0.129. The number of ether oxygens (including phenoxy) is 1. The number of amides is 3. The Labute approximate surface area is 165 Å². The van der Waals surface area contributed by atoms with Gasteiger partial charge >= 0.3 is 6.09 Å². The minimum atomic E-state index is -0.987. The molecule has 0 radical (unpaired) electrons. The Morgan fingerprint density at radius 3 is 2.25 bits per heavy atom. The van der Waals surface area contributed by atoms with Gasteiger partial charge in [0.2, 0.25) is 11.8 Å². The van der Waals surface area contributed by atoms with Crippen molar-refractivity contribution in [2.75, 3.05) is 0 Å². The van der Waals surface area contributed by atoms with Crippen LogP contribution in [0.15, 0.2) is 30.3 Å². The van der Waals surface area contributed by atoms with Crippen LogP contribution < -0.4 is 16.4 Å². The number of carbonyl (C=O) groups is 3. The van der Waals surface area contributed by atoms with E-state index in [9.17, 15) is 14.4 Å². The highest BCUT2D eigenvalue weighted by Crippen LogP contribution is 2.09. The van der Waals surface area contributed by atoms with Gasteiger partial charge in [0.25, 0.3) is 0 Å². The largest absolute Gasteiger partial charge is 0.445 e. The number of benzene rings is 1. The molecule has 3 atom stereocenters. The molecule has 1 aromatic rings. The third kappa shape index (κ3) is 8.54. The van der Waals surface area contributed by atoms with Crippen LogP contribution in [-0.2, 0) is 20.9 Å². The molecule has 0 aromatic heterocycles. The zero-order valence-corrected chi connectivity index (χ0v) is 16.5. The SMILES string of the molecule is CC(C)C[C@H](NC(=O)OCc1ccccc1)C(=O)N[C@@H](C[C@H](C)C#N)C(N)=O. The Balaban J connectivity index is 2.71. The van der Waals surface area contributed by atoms with E-state index in [0.717, 1.165) is 5.56 Å². The highest BCUT2D eigenvalue weighted by atomic mass is 16.5. The molecule has 1 rings (SSSR count). The van der Waals surface area contributed by atoms with Gasteiger partial charge in [0.1, 0.15) is 18.7 Å². The van der Waals surface area contributed by atoms with Crippen molar-refractivity contribution in [1.82, 2.24) is 10.6 Å². The van der Waals surface area contributed by atoms with Crippen molar-refractivity contribution in [2.24, 2.45) is 17.6 Å². The predicted molar refractivity (Wildman–Crippen MR) is 104 cm³/mol. The minimum Gasteiger partial charge on any atom is -0.445 e. The first kappa shape index (κ1) is 23.0. The predicted octanol–water partition coefficient (Wildman–Crippen LogP) is 1.85. The molecule has 0 fully saturated rings. The quantitative estimate of drug-likeness (QED) is 0.562. The number of alkyl carbamates (subject to hydrolysis) is 1. The fourth-order valence-corrected chi connectivity index (χ4v) is 2.53. The zero-order valence-electron chi connectivity index (χ0n) is 16.5. The van der Waals surface area contributed by atoms with Gasteiger partial charge in [-0.3, -0.25) is 9.59 Å². The first-order valence-electron chi connectivity index (χ1n) is 9.19. The van der Waals surface area contributed by atoms with Crippen LogP contribution in [-0.4, -0.2) is 30.0 Å². The molecule has 0 unspecified atom stereocenters. The number of hydrogen-bond donors (Lipinski definition) is 3. The lowest BCUT2D eigenvalue weighted by Gasteiger charge is -2.23. The maximum atomic E-state index is 12.6. The van der Waals surface area contributed by atoms with Crippen LogP contribution in [0.5, 0.6) is 0 Å². The molecule has 0 heterocycles. The van der Waals surface area contributed by atoms with Crippen molar-refractivity contribution in [2.45, 2.75) is 52.3 Å². The normalized spacial score (nSPS) is 13.7. The number of nitriles is 1. The number of primary amides is 1. The Morgan fingerprint density at radius 1 is 1.07 bits per heavy atom. The van der Waals surface area contributed by atoms with E-state index < -0.39 is 35.9 Å². The molecule has 0 saturated heterocycles. The molecule has 0 saturated carbocycles. The fraction of sp³-hybridized carbons (Fsp3) is 0.500. The van der Waals surface area contributed by atoms with E-state index in [1.807, 2.05) is 50.2 Å². The van der Waals surface area contributed by atoms with Gasteiger partial charge in [0.15, 0.2) is 0 Å². The summed E-state index contributed by atoms with van der Waals surface area (Å²) in [4.78, 5) is 36.3. The highest BCUT2D eigenvalue weighted by Gasteiger charge is 2.27. The second-order valence-electron chi connectivity index (χ2n) is 7.12. The maximum absolute atomic E-state index is 12.6. The molecule has 0 spiro atoms. The number of nitrogens with two attached hydrogens (primary N) is 1. The number of rotatable bonds is 10. The third-order valence-corrected chi connectivity index (χ3v) is 4.00. The average molecular weight is 388 g/mol. The number of nitrogens with one attached hydrogen (secondary N) is 2. The first-order chi connectivity index (χ1) is 13.2. The number of carbonyl (C=O) groups excluding carboxylic acids is 3. The van der Waals surface area contributed by atoms with Crippen molar-refractivity contribution in [3.63, 3.8) is 0 Å². The molecule has 0 bridgehead atoms. The van der Waals surface area contributed by atoms with Crippen molar-refractivity contribution < 1.29 is 19.1 Å². The molecule has 28 heavy (non-hydrogen) atoms. The van der Waals surface area contributed by atoms with Crippen molar-refractivity contribution in [1.29, 1.82) is 5.26 Å². The first-order valence-corrected chi connectivity index (χ1v) is 9.19. The van der Waals surface area contributed by atoms with Crippen LogP contribution in [0, 0.1) is 23.2 Å². The summed E-state index contributed by atoms with van der Waals surface area (Å²) in [5.74, 6) is -1.62. The van der Waals surface area contributed by atoms with Gasteiger partial charge in [-0.25, -0.2) is 4.79 Å². The van der Waals surface area contributed by atoms with Crippen LogP contribution in [0.3, 0.4) is 0 Å². The van der Waals surface area contributed by atoms with Crippen LogP contribution in [0.1, 0.15) is 39.2 Å². The van der Waals surface area contributed by atoms with E-state index in [-0.39, 0.29) is 18.9 Å². The van der Waals surface area contributed by atoms with Gasteiger partial charge in [0.05, 0.1) is 6.07 Å². The van der Waals surface area contributed by atoms with E-state index in [1.54, 1.807) is 6.92 Å². The fourth-order valence-electron chi connectivity index (χ4n) is 2.53. The van der Waals surface area contributed by atoms with Crippen LogP contribution >= 0.6 is 0 Å². The third-order valence-electron chi connectivity index (χ3n) is 4.00. The second kappa shape index (κ2) is 11.6. The molecule has 4 N–H and O–H groups in total. The molecule has 3 amide bonds. The molecular formula is C20H28N4O4. The van der Waals surface area contributed by atoms with E-state index >= 15 is 0 Å². The van der Waals surface area contributed by atoms with Crippen molar-refractivity contribution in [3.8, 4) is 6.07 Å². The Morgan fingerprint density at radius 2 is 1.71 bits per heavy atom. The van der Waals surface area contributed by atoms with Gasteiger partial charge < -0.3 is 21.1 Å². The summed E-state index contributed by atoms with van der Waals surface area (Å²) < 4.78 is 5.16. The van der Waals surface area contributed by atoms with E-state index in [4.69, 9.17) is 15.7 Å². The highest BCUT2D eigenvalue weighted by molar-refractivity contribution is 5.90.